The van der Waals surface area contributed by atoms with Crippen LogP contribution in [0, 0.1) is 0 Å². The van der Waals surface area contributed by atoms with Gasteiger partial charge in [-0.15, -0.1) is 0 Å². The van der Waals surface area contributed by atoms with E-state index in [2.05, 4.69) is 38.0 Å². The van der Waals surface area contributed by atoms with Gasteiger partial charge in [-0.05, 0) is 29.8 Å². The van der Waals surface area contributed by atoms with Crippen molar-refractivity contribution in [1.29, 1.82) is 0 Å². The lowest BCUT2D eigenvalue weighted by Gasteiger charge is -2.29. The molecule has 0 spiro atoms. The number of methoxy groups -OCH3 is 1. The molecular formula is C25H29N5O3. The van der Waals surface area contributed by atoms with Gasteiger partial charge < -0.3 is 14.5 Å². The van der Waals surface area contributed by atoms with Gasteiger partial charge in [-0.2, -0.15) is 0 Å². The summed E-state index contributed by atoms with van der Waals surface area (Å²) in [5.41, 5.74) is 4.82. The van der Waals surface area contributed by atoms with Crippen LogP contribution in [0.5, 0.6) is 5.75 Å². The number of pyridine rings is 1. The third-order valence-corrected chi connectivity index (χ3v) is 6.33. The zero-order chi connectivity index (χ0) is 22.6. The summed E-state index contributed by atoms with van der Waals surface area (Å²) in [5, 5.41) is 0. The van der Waals surface area contributed by atoms with Crippen molar-refractivity contribution in [3.8, 4) is 17.1 Å². The molecule has 2 aliphatic rings. The monoisotopic (exact) mass is 447 g/mol. The lowest BCUT2D eigenvalue weighted by molar-refractivity contribution is 0.0338. The number of hydrogen-bond acceptors (Lipinski definition) is 7. The van der Waals surface area contributed by atoms with E-state index in [4.69, 9.17) is 14.5 Å². The molecule has 0 unspecified atom stereocenters. The van der Waals surface area contributed by atoms with Crippen LogP contribution in [0.1, 0.15) is 22.4 Å². The van der Waals surface area contributed by atoms with Crippen molar-refractivity contribution in [2.75, 3.05) is 40.0 Å². The molecule has 0 atom stereocenters. The van der Waals surface area contributed by atoms with Crippen LogP contribution < -0.4 is 10.3 Å². The van der Waals surface area contributed by atoms with Crippen molar-refractivity contribution in [2.45, 2.75) is 26.1 Å². The smallest absolute Gasteiger partial charge is 0.255 e. The summed E-state index contributed by atoms with van der Waals surface area (Å²) in [4.78, 5) is 29.3. The van der Waals surface area contributed by atoms with E-state index >= 15 is 0 Å². The van der Waals surface area contributed by atoms with E-state index in [1.165, 1.54) is 11.1 Å². The minimum absolute atomic E-state index is 0.0636. The standard InChI is InChI=1S/C25H29N5O3/c1-32-23-5-4-18(13-20(23)16-29-9-11-33-12-10-29)15-30-8-6-22-21(17-30)25(31)28-24(27-22)19-3-2-7-26-14-19/h2-5,7,13-14H,6,8-12,15-17H2,1H3,(H,27,28,31). The Labute approximate surface area is 193 Å². The summed E-state index contributed by atoms with van der Waals surface area (Å²) < 4.78 is 11.1. The fourth-order valence-corrected chi connectivity index (χ4v) is 4.57. The third-order valence-electron chi connectivity index (χ3n) is 6.33. The van der Waals surface area contributed by atoms with Crippen LogP contribution in [-0.2, 0) is 30.8 Å². The highest BCUT2D eigenvalue weighted by Gasteiger charge is 2.22. The normalized spacial score (nSPS) is 17.0. The summed E-state index contributed by atoms with van der Waals surface area (Å²) in [6, 6.07) is 10.2. The first-order valence-corrected chi connectivity index (χ1v) is 11.4. The Bertz CT molecular complexity index is 1160. The first-order valence-electron chi connectivity index (χ1n) is 11.4. The van der Waals surface area contributed by atoms with Gasteiger partial charge >= 0.3 is 0 Å². The van der Waals surface area contributed by atoms with Crippen LogP contribution in [-0.4, -0.2) is 64.7 Å². The van der Waals surface area contributed by atoms with Crippen molar-refractivity contribution in [3.05, 3.63) is 75.5 Å². The molecule has 0 bridgehead atoms. The number of H-pyrrole nitrogens is 1. The third kappa shape index (κ3) is 4.98. The molecule has 172 valence electrons. The molecule has 1 fully saturated rings. The van der Waals surface area contributed by atoms with Crippen LogP contribution >= 0.6 is 0 Å². The average Bonchev–Trinajstić information content (AvgIpc) is 2.86. The van der Waals surface area contributed by atoms with Gasteiger partial charge in [0.2, 0.25) is 0 Å². The maximum atomic E-state index is 12.8. The van der Waals surface area contributed by atoms with Crippen molar-refractivity contribution in [1.82, 2.24) is 24.8 Å². The van der Waals surface area contributed by atoms with E-state index in [-0.39, 0.29) is 5.56 Å². The van der Waals surface area contributed by atoms with E-state index in [1.807, 2.05) is 12.1 Å². The molecule has 3 aromatic rings. The lowest BCUT2D eigenvalue weighted by atomic mass is 10.0. The number of nitrogens with zero attached hydrogens (tertiary/aromatic N) is 4. The van der Waals surface area contributed by atoms with Crippen molar-refractivity contribution >= 4 is 0 Å². The molecule has 4 heterocycles. The second-order valence-electron chi connectivity index (χ2n) is 8.58. The van der Waals surface area contributed by atoms with Crippen LogP contribution in [0.4, 0.5) is 0 Å². The van der Waals surface area contributed by atoms with E-state index < -0.39 is 0 Å². The molecule has 1 N–H and O–H groups in total. The molecule has 0 radical (unpaired) electrons. The Morgan fingerprint density at radius 3 is 2.79 bits per heavy atom. The van der Waals surface area contributed by atoms with E-state index in [0.717, 1.165) is 74.9 Å². The summed E-state index contributed by atoms with van der Waals surface area (Å²) in [6.07, 6.45) is 4.19. The molecule has 1 aromatic carbocycles. The number of morpholine rings is 1. The van der Waals surface area contributed by atoms with Gasteiger partial charge in [0.25, 0.3) is 5.56 Å². The fraction of sp³-hybridized carbons (Fsp3) is 0.400. The van der Waals surface area contributed by atoms with Gasteiger partial charge in [0.1, 0.15) is 11.6 Å². The average molecular weight is 448 g/mol. The Morgan fingerprint density at radius 1 is 1.12 bits per heavy atom. The molecule has 0 amide bonds. The molecule has 0 aliphatic carbocycles. The molecule has 33 heavy (non-hydrogen) atoms. The number of hydrogen-bond donors (Lipinski definition) is 1. The Balaban J connectivity index is 1.31. The highest BCUT2D eigenvalue weighted by Crippen LogP contribution is 2.25. The molecular weight excluding hydrogens is 418 g/mol. The largest absolute Gasteiger partial charge is 0.496 e. The minimum Gasteiger partial charge on any atom is -0.496 e. The second kappa shape index (κ2) is 9.82. The first-order chi connectivity index (χ1) is 16.2. The molecule has 0 saturated carbocycles. The molecule has 1 saturated heterocycles. The van der Waals surface area contributed by atoms with Crippen molar-refractivity contribution in [2.24, 2.45) is 0 Å². The Hall–Kier alpha value is -3.07. The van der Waals surface area contributed by atoms with Gasteiger partial charge in [-0.1, -0.05) is 6.07 Å². The van der Waals surface area contributed by atoms with Crippen LogP contribution in [0.15, 0.2) is 47.5 Å². The van der Waals surface area contributed by atoms with Crippen LogP contribution in [0.3, 0.4) is 0 Å². The summed E-state index contributed by atoms with van der Waals surface area (Å²) in [5.74, 6) is 1.50. The number of aromatic nitrogens is 3. The predicted octanol–water partition coefficient (Wildman–Crippen LogP) is 2.23. The second-order valence-corrected chi connectivity index (χ2v) is 8.58. The van der Waals surface area contributed by atoms with Gasteiger partial charge in [-0.3, -0.25) is 19.6 Å². The predicted molar refractivity (Wildman–Crippen MR) is 125 cm³/mol. The Kier molecular flexibility index (Phi) is 6.48. The number of aromatic amines is 1. The van der Waals surface area contributed by atoms with Gasteiger partial charge in [0.15, 0.2) is 0 Å². The van der Waals surface area contributed by atoms with E-state index in [1.54, 1.807) is 19.5 Å². The number of nitrogens with one attached hydrogen (secondary N) is 1. The summed E-state index contributed by atoms with van der Waals surface area (Å²) >= 11 is 0. The molecule has 2 aromatic heterocycles. The quantitative estimate of drug-likeness (QED) is 0.620. The number of rotatable bonds is 6. The van der Waals surface area contributed by atoms with Crippen molar-refractivity contribution < 1.29 is 9.47 Å². The molecule has 5 rings (SSSR count). The molecule has 8 heteroatoms. The maximum absolute atomic E-state index is 12.8. The van der Waals surface area contributed by atoms with Gasteiger partial charge in [0, 0.05) is 69.2 Å². The topological polar surface area (TPSA) is 83.6 Å². The SMILES string of the molecule is COc1ccc(CN2CCc3nc(-c4cccnc4)[nH]c(=O)c3C2)cc1CN1CCOCC1. The summed E-state index contributed by atoms with van der Waals surface area (Å²) in [6.45, 7) is 6.52. The zero-order valence-corrected chi connectivity index (χ0v) is 18.9. The fourth-order valence-electron chi connectivity index (χ4n) is 4.57. The van der Waals surface area contributed by atoms with Crippen molar-refractivity contribution in [3.63, 3.8) is 0 Å². The lowest BCUT2D eigenvalue weighted by Crippen LogP contribution is -2.36. The first kappa shape index (κ1) is 21.8. The van der Waals surface area contributed by atoms with Gasteiger partial charge in [-0.25, -0.2) is 4.98 Å². The maximum Gasteiger partial charge on any atom is 0.255 e. The van der Waals surface area contributed by atoms with E-state index in [0.29, 0.717) is 12.4 Å². The highest BCUT2D eigenvalue weighted by atomic mass is 16.5. The Morgan fingerprint density at radius 2 is 2.00 bits per heavy atom. The van der Waals surface area contributed by atoms with Crippen LogP contribution in [0.25, 0.3) is 11.4 Å². The zero-order valence-electron chi connectivity index (χ0n) is 18.9. The van der Waals surface area contributed by atoms with E-state index in [9.17, 15) is 4.79 Å². The minimum atomic E-state index is -0.0636. The molecule has 2 aliphatic heterocycles. The number of fused-ring (bicyclic) bond motifs is 1. The number of ether oxygens (including phenoxy) is 2. The number of benzene rings is 1. The summed E-state index contributed by atoms with van der Waals surface area (Å²) in [7, 11) is 1.72. The highest BCUT2D eigenvalue weighted by molar-refractivity contribution is 5.53. The van der Waals surface area contributed by atoms with Crippen LogP contribution in [0.2, 0.25) is 0 Å². The van der Waals surface area contributed by atoms with Gasteiger partial charge in [0.05, 0.1) is 31.6 Å². The molecule has 8 nitrogen and oxygen atoms in total.